The van der Waals surface area contributed by atoms with Crippen molar-refractivity contribution < 1.29 is 4.74 Å². The van der Waals surface area contributed by atoms with E-state index in [1.54, 1.807) is 6.08 Å². The van der Waals surface area contributed by atoms with Crippen LogP contribution in [0.25, 0.3) is 0 Å². The summed E-state index contributed by atoms with van der Waals surface area (Å²) in [5, 5.41) is 3.29. The second kappa shape index (κ2) is 14.8. The zero-order valence-electron chi connectivity index (χ0n) is 12.2. The fraction of sp³-hybridized carbons (Fsp3) is 0.600. The maximum Gasteiger partial charge on any atom is 0.142 e. The molecule has 1 N–H and O–H groups in total. The monoisotopic (exact) mass is 239 g/mol. The van der Waals surface area contributed by atoms with E-state index in [4.69, 9.17) is 4.74 Å². The molecule has 1 aliphatic rings. The summed E-state index contributed by atoms with van der Waals surface area (Å²) in [6.07, 6.45) is 8.01. The van der Waals surface area contributed by atoms with Gasteiger partial charge in [-0.25, -0.2) is 0 Å². The van der Waals surface area contributed by atoms with E-state index in [1.807, 2.05) is 46.8 Å². The van der Waals surface area contributed by atoms with Gasteiger partial charge >= 0.3 is 0 Å². The molecular formula is C15H29NO. The van der Waals surface area contributed by atoms with Gasteiger partial charge in [-0.15, -0.1) is 0 Å². The highest BCUT2D eigenvalue weighted by atomic mass is 16.5. The van der Waals surface area contributed by atoms with Crippen LogP contribution in [-0.4, -0.2) is 13.2 Å². The summed E-state index contributed by atoms with van der Waals surface area (Å²) in [6.45, 7) is 15.5. The SMILES string of the molecule is C=C/C1=C(\C=C/C)OCCCCN1.CC.CC. The molecule has 0 aliphatic carbocycles. The molecule has 0 aromatic heterocycles. The van der Waals surface area contributed by atoms with E-state index in [2.05, 4.69) is 11.9 Å². The average molecular weight is 239 g/mol. The van der Waals surface area contributed by atoms with E-state index >= 15 is 0 Å². The Morgan fingerprint density at radius 1 is 1.18 bits per heavy atom. The number of hydrogen-bond donors (Lipinski definition) is 1. The maximum absolute atomic E-state index is 5.59. The summed E-state index contributed by atoms with van der Waals surface area (Å²) in [6, 6.07) is 0. The van der Waals surface area contributed by atoms with Crippen LogP contribution < -0.4 is 5.32 Å². The molecule has 0 bridgehead atoms. The van der Waals surface area contributed by atoms with Gasteiger partial charge in [0.15, 0.2) is 0 Å². The molecule has 0 atom stereocenters. The first kappa shape index (κ1) is 18.2. The zero-order chi connectivity index (χ0) is 13.5. The lowest BCUT2D eigenvalue weighted by molar-refractivity contribution is 0.208. The van der Waals surface area contributed by atoms with E-state index in [9.17, 15) is 0 Å². The van der Waals surface area contributed by atoms with Gasteiger partial charge in [-0.05, 0) is 31.9 Å². The Morgan fingerprint density at radius 3 is 2.35 bits per heavy atom. The van der Waals surface area contributed by atoms with Crippen LogP contribution in [0.4, 0.5) is 0 Å². The third kappa shape index (κ3) is 8.61. The van der Waals surface area contributed by atoms with Gasteiger partial charge in [-0.2, -0.15) is 0 Å². The molecule has 0 unspecified atom stereocenters. The molecule has 0 radical (unpaired) electrons. The number of hydrogen-bond acceptors (Lipinski definition) is 2. The summed E-state index contributed by atoms with van der Waals surface area (Å²) >= 11 is 0. The fourth-order valence-electron chi connectivity index (χ4n) is 1.26. The van der Waals surface area contributed by atoms with E-state index in [0.717, 1.165) is 37.4 Å². The molecule has 0 aromatic carbocycles. The van der Waals surface area contributed by atoms with Gasteiger partial charge in [0.1, 0.15) is 5.76 Å². The average Bonchev–Trinajstić information content (AvgIpc) is 2.38. The molecule has 0 amide bonds. The van der Waals surface area contributed by atoms with Crippen LogP contribution in [-0.2, 0) is 4.74 Å². The summed E-state index contributed by atoms with van der Waals surface area (Å²) in [5.74, 6) is 0.900. The molecule has 0 fully saturated rings. The van der Waals surface area contributed by atoms with Crippen LogP contribution in [0, 0.1) is 0 Å². The van der Waals surface area contributed by atoms with Gasteiger partial charge < -0.3 is 10.1 Å². The minimum Gasteiger partial charge on any atom is -0.491 e. The van der Waals surface area contributed by atoms with Gasteiger partial charge in [0.05, 0.1) is 12.3 Å². The van der Waals surface area contributed by atoms with E-state index < -0.39 is 0 Å². The molecule has 1 aliphatic heterocycles. The molecule has 2 nitrogen and oxygen atoms in total. The van der Waals surface area contributed by atoms with Crippen molar-refractivity contribution in [3.8, 4) is 0 Å². The van der Waals surface area contributed by atoms with Crippen LogP contribution in [0.1, 0.15) is 47.5 Å². The van der Waals surface area contributed by atoms with Crippen molar-refractivity contribution in [3.05, 3.63) is 36.3 Å². The first-order valence-corrected chi connectivity index (χ1v) is 6.74. The Hall–Kier alpha value is -1.18. The normalized spacial score (nSPS) is 19.4. The second-order valence-corrected chi connectivity index (χ2v) is 2.96. The van der Waals surface area contributed by atoms with Crippen molar-refractivity contribution in [2.24, 2.45) is 0 Å². The first-order valence-electron chi connectivity index (χ1n) is 6.74. The standard InChI is InChI=1S/C11H17NO.2C2H6/c1-3-7-11-10(4-2)12-8-5-6-9-13-11;2*1-2/h3-4,7,12H,2,5-6,8-9H2,1H3;2*1-2H3/b7-3-,11-10-;;. The molecule has 0 spiro atoms. The number of rotatable bonds is 2. The molecule has 100 valence electrons. The highest BCUT2D eigenvalue weighted by Gasteiger charge is 2.04. The summed E-state index contributed by atoms with van der Waals surface area (Å²) in [4.78, 5) is 0. The lowest BCUT2D eigenvalue weighted by Gasteiger charge is -2.16. The highest BCUT2D eigenvalue weighted by Crippen LogP contribution is 2.10. The second-order valence-electron chi connectivity index (χ2n) is 2.96. The Bertz CT molecular complexity index is 229. The largest absolute Gasteiger partial charge is 0.491 e. The zero-order valence-corrected chi connectivity index (χ0v) is 12.2. The Labute approximate surface area is 107 Å². The van der Waals surface area contributed by atoms with Crippen LogP contribution in [0.2, 0.25) is 0 Å². The van der Waals surface area contributed by atoms with Gasteiger partial charge in [-0.3, -0.25) is 0 Å². The summed E-state index contributed by atoms with van der Waals surface area (Å²) in [5.41, 5.74) is 0.998. The number of ether oxygens (including phenoxy) is 1. The van der Waals surface area contributed by atoms with Crippen LogP contribution in [0.3, 0.4) is 0 Å². The molecule has 1 rings (SSSR count). The Balaban J connectivity index is 0. The smallest absolute Gasteiger partial charge is 0.142 e. The van der Waals surface area contributed by atoms with Gasteiger partial charge in [0.2, 0.25) is 0 Å². The van der Waals surface area contributed by atoms with Crippen molar-refractivity contribution in [2.75, 3.05) is 13.2 Å². The van der Waals surface area contributed by atoms with Crippen molar-refractivity contribution in [2.45, 2.75) is 47.5 Å². The van der Waals surface area contributed by atoms with Crippen molar-refractivity contribution in [1.82, 2.24) is 5.32 Å². The van der Waals surface area contributed by atoms with Crippen LogP contribution in [0.5, 0.6) is 0 Å². The lowest BCUT2D eigenvalue weighted by Crippen LogP contribution is -2.19. The fourth-order valence-corrected chi connectivity index (χ4v) is 1.26. The molecule has 0 saturated carbocycles. The quantitative estimate of drug-likeness (QED) is 0.770. The highest BCUT2D eigenvalue weighted by molar-refractivity contribution is 5.26. The molecule has 17 heavy (non-hydrogen) atoms. The minimum atomic E-state index is 0.804. The van der Waals surface area contributed by atoms with E-state index in [-0.39, 0.29) is 0 Å². The Morgan fingerprint density at radius 2 is 1.82 bits per heavy atom. The van der Waals surface area contributed by atoms with E-state index in [0.29, 0.717) is 0 Å². The summed E-state index contributed by atoms with van der Waals surface area (Å²) < 4.78 is 5.59. The van der Waals surface area contributed by atoms with Gasteiger partial charge in [-0.1, -0.05) is 40.3 Å². The van der Waals surface area contributed by atoms with Crippen molar-refractivity contribution in [1.29, 1.82) is 0 Å². The van der Waals surface area contributed by atoms with Crippen LogP contribution in [0.15, 0.2) is 36.3 Å². The van der Waals surface area contributed by atoms with Gasteiger partial charge in [0, 0.05) is 6.54 Å². The number of allylic oxidation sites excluding steroid dienone is 3. The van der Waals surface area contributed by atoms with Crippen LogP contribution >= 0.6 is 0 Å². The van der Waals surface area contributed by atoms with E-state index in [1.165, 1.54) is 0 Å². The van der Waals surface area contributed by atoms with Gasteiger partial charge in [0.25, 0.3) is 0 Å². The Kier molecular flexibility index (Phi) is 15.9. The molecule has 2 heteroatoms. The topological polar surface area (TPSA) is 21.3 Å². The van der Waals surface area contributed by atoms with Crippen molar-refractivity contribution in [3.63, 3.8) is 0 Å². The third-order valence-corrected chi connectivity index (χ3v) is 1.93. The predicted molar refractivity (Wildman–Crippen MR) is 77.9 cm³/mol. The van der Waals surface area contributed by atoms with Crippen molar-refractivity contribution >= 4 is 0 Å². The number of nitrogens with one attached hydrogen (secondary N) is 1. The first-order chi connectivity index (χ1) is 8.38. The molecule has 0 aromatic rings. The molecule has 0 saturated heterocycles. The predicted octanol–water partition coefficient (Wildman–Crippen LogP) is 4.41. The lowest BCUT2D eigenvalue weighted by atomic mass is 10.2. The molecule has 1 heterocycles. The molecular weight excluding hydrogens is 210 g/mol. The minimum absolute atomic E-state index is 0.804. The maximum atomic E-state index is 5.59. The summed E-state index contributed by atoms with van der Waals surface area (Å²) in [7, 11) is 0. The third-order valence-electron chi connectivity index (χ3n) is 1.93.